The second kappa shape index (κ2) is 10.4. The average molecular weight is 293 g/mol. The van der Waals surface area contributed by atoms with E-state index in [2.05, 4.69) is 80.7 Å². The van der Waals surface area contributed by atoms with Crippen LogP contribution >= 0.6 is 0 Å². The van der Waals surface area contributed by atoms with Crippen LogP contribution in [0.3, 0.4) is 0 Å². The molecule has 1 heteroatoms. The molecule has 0 amide bonds. The van der Waals surface area contributed by atoms with Crippen LogP contribution in [0.25, 0.3) is 5.57 Å². The number of aryl methyl sites for hydroxylation is 1. The van der Waals surface area contributed by atoms with Crippen molar-refractivity contribution in [3.05, 3.63) is 89.6 Å². The fourth-order valence-corrected chi connectivity index (χ4v) is 2.06. The van der Waals surface area contributed by atoms with Crippen LogP contribution in [0.5, 0.6) is 0 Å². The summed E-state index contributed by atoms with van der Waals surface area (Å²) < 4.78 is 0. The van der Waals surface area contributed by atoms with Crippen molar-refractivity contribution in [2.75, 3.05) is 7.05 Å². The van der Waals surface area contributed by atoms with Crippen molar-refractivity contribution in [1.82, 2.24) is 5.32 Å². The minimum Gasteiger partial charge on any atom is -0.393 e. The quantitative estimate of drug-likeness (QED) is 0.738. The van der Waals surface area contributed by atoms with Crippen LogP contribution in [0.2, 0.25) is 0 Å². The number of nitrogens with one attached hydrogen (secondary N) is 1. The van der Waals surface area contributed by atoms with Gasteiger partial charge < -0.3 is 5.32 Å². The Morgan fingerprint density at radius 2 is 1.50 bits per heavy atom. The highest BCUT2D eigenvalue weighted by Gasteiger charge is 2.01. The minimum atomic E-state index is 1.14. The fraction of sp³-hybridized carbons (Fsp3) is 0.238. The number of allylic oxidation sites excluding steroid dienone is 3. The molecule has 0 heterocycles. The Morgan fingerprint density at radius 1 is 0.955 bits per heavy atom. The van der Waals surface area contributed by atoms with Crippen molar-refractivity contribution >= 4 is 5.57 Å². The molecule has 1 N–H and O–H groups in total. The molecule has 22 heavy (non-hydrogen) atoms. The van der Waals surface area contributed by atoms with Crippen molar-refractivity contribution in [2.45, 2.75) is 27.2 Å². The lowest BCUT2D eigenvalue weighted by atomic mass is 10.00. The summed E-state index contributed by atoms with van der Waals surface area (Å²) >= 11 is 0. The Labute approximate surface area is 135 Å². The molecule has 0 saturated carbocycles. The lowest BCUT2D eigenvalue weighted by Crippen LogP contribution is -1.97. The first-order valence-corrected chi connectivity index (χ1v) is 7.83. The van der Waals surface area contributed by atoms with Gasteiger partial charge in [0, 0.05) is 13.2 Å². The summed E-state index contributed by atoms with van der Waals surface area (Å²) in [5.74, 6) is 0. The molecule has 116 valence electrons. The molecule has 0 unspecified atom stereocenters. The van der Waals surface area contributed by atoms with E-state index in [1.165, 1.54) is 22.3 Å². The molecular formula is C21H27N. The van der Waals surface area contributed by atoms with E-state index in [0.717, 1.165) is 6.42 Å². The second-order valence-corrected chi connectivity index (χ2v) is 5.02. The van der Waals surface area contributed by atoms with E-state index in [1.54, 1.807) is 0 Å². The van der Waals surface area contributed by atoms with E-state index >= 15 is 0 Å². The van der Waals surface area contributed by atoms with Crippen LogP contribution < -0.4 is 5.32 Å². The molecule has 0 spiro atoms. The van der Waals surface area contributed by atoms with Crippen LogP contribution in [-0.4, -0.2) is 7.05 Å². The molecule has 2 aromatic rings. The molecule has 2 rings (SSSR count). The second-order valence-electron chi connectivity index (χ2n) is 5.02. The third-order valence-corrected chi connectivity index (χ3v) is 3.48. The Hall–Kier alpha value is -2.28. The van der Waals surface area contributed by atoms with Gasteiger partial charge in [-0.05, 0) is 42.5 Å². The summed E-state index contributed by atoms with van der Waals surface area (Å²) in [6.45, 7) is 6.34. The molecule has 0 aliphatic rings. The van der Waals surface area contributed by atoms with Gasteiger partial charge in [-0.15, -0.1) is 0 Å². The van der Waals surface area contributed by atoms with E-state index in [9.17, 15) is 0 Å². The molecule has 0 aliphatic heterocycles. The van der Waals surface area contributed by atoms with E-state index in [4.69, 9.17) is 0 Å². The summed E-state index contributed by atoms with van der Waals surface area (Å²) in [6, 6.07) is 20.8. The van der Waals surface area contributed by atoms with Crippen LogP contribution in [0.4, 0.5) is 0 Å². The lowest BCUT2D eigenvalue weighted by molar-refractivity contribution is 1.10. The van der Waals surface area contributed by atoms with Crippen molar-refractivity contribution in [2.24, 2.45) is 0 Å². The molecule has 2 aromatic carbocycles. The predicted molar refractivity (Wildman–Crippen MR) is 98.7 cm³/mol. The SMILES string of the molecule is C/C=C(C)\C(=C/NC)c1ccccc1.CCc1ccccc1. The third-order valence-electron chi connectivity index (χ3n) is 3.48. The molecule has 0 fully saturated rings. The highest BCUT2D eigenvalue weighted by Crippen LogP contribution is 2.21. The van der Waals surface area contributed by atoms with Gasteiger partial charge in [0.25, 0.3) is 0 Å². The van der Waals surface area contributed by atoms with Gasteiger partial charge >= 0.3 is 0 Å². The van der Waals surface area contributed by atoms with Crippen molar-refractivity contribution in [1.29, 1.82) is 0 Å². The van der Waals surface area contributed by atoms with Gasteiger partial charge in [0.1, 0.15) is 0 Å². The average Bonchev–Trinajstić information content (AvgIpc) is 2.61. The van der Waals surface area contributed by atoms with Crippen LogP contribution in [0.15, 0.2) is 78.5 Å². The number of rotatable bonds is 4. The van der Waals surface area contributed by atoms with E-state index in [0.29, 0.717) is 0 Å². The highest BCUT2D eigenvalue weighted by molar-refractivity contribution is 5.77. The van der Waals surface area contributed by atoms with Gasteiger partial charge in [-0.25, -0.2) is 0 Å². The van der Waals surface area contributed by atoms with Gasteiger partial charge in [0.2, 0.25) is 0 Å². The Kier molecular flexibility index (Phi) is 8.44. The highest BCUT2D eigenvalue weighted by atomic mass is 14.8. The number of hydrogen-bond acceptors (Lipinski definition) is 1. The molecular weight excluding hydrogens is 266 g/mol. The molecule has 0 bridgehead atoms. The van der Waals surface area contributed by atoms with Gasteiger partial charge in [0.05, 0.1) is 0 Å². The standard InChI is InChI=1S/C13H17N.C8H10/c1-4-11(2)13(10-14-3)12-8-6-5-7-9-12;1-2-8-6-4-3-5-7-8/h4-10,14H,1-3H3;3-7H,2H2,1H3/b11-4-,13-10+;. The maximum atomic E-state index is 3.08. The van der Waals surface area contributed by atoms with Crippen molar-refractivity contribution in [3.8, 4) is 0 Å². The van der Waals surface area contributed by atoms with Crippen LogP contribution in [-0.2, 0) is 6.42 Å². The summed E-state index contributed by atoms with van der Waals surface area (Å²) in [6.07, 6.45) is 5.29. The molecule has 0 atom stereocenters. The maximum Gasteiger partial charge on any atom is 0.00438 e. The first-order valence-electron chi connectivity index (χ1n) is 7.83. The Balaban J connectivity index is 0.000000255. The zero-order valence-corrected chi connectivity index (χ0v) is 14.1. The third kappa shape index (κ3) is 6.01. The topological polar surface area (TPSA) is 12.0 Å². The van der Waals surface area contributed by atoms with Crippen LogP contribution in [0.1, 0.15) is 31.9 Å². The zero-order valence-electron chi connectivity index (χ0n) is 14.1. The van der Waals surface area contributed by atoms with Gasteiger partial charge in [-0.3, -0.25) is 0 Å². The van der Waals surface area contributed by atoms with Gasteiger partial charge in [-0.2, -0.15) is 0 Å². The molecule has 0 aromatic heterocycles. The smallest absolute Gasteiger partial charge is 0.00438 e. The van der Waals surface area contributed by atoms with Gasteiger partial charge in [-0.1, -0.05) is 73.7 Å². The summed E-state index contributed by atoms with van der Waals surface area (Å²) in [7, 11) is 1.92. The lowest BCUT2D eigenvalue weighted by Gasteiger charge is -2.07. The normalized spacial score (nSPS) is 11.5. The molecule has 1 nitrogen and oxygen atoms in total. The molecule has 0 radical (unpaired) electrons. The van der Waals surface area contributed by atoms with Crippen molar-refractivity contribution in [3.63, 3.8) is 0 Å². The molecule has 0 aliphatic carbocycles. The van der Waals surface area contributed by atoms with E-state index < -0.39 is 0 Å². The summed E-state index contributed by atoms with van der Waals surface area (Å²) in [5.41, 5.74) is 5.19. The fourth-order valence-electron chi connectivity index (χ4n) is 2.06. The predicted octanol–water partition coefficient (Wildman–Crippen LogP) is 5.46. The van der Waals surface area contributed by atoms with Crippen LogP contribution in [0, 0.1) is 0 Å². The zero-order chi connectivity index (χ0) is 16.2. The monoisotopic (exact) mass is 293 g/mol. The Bertz CT molecular complexity index is 580. The minimum absolute atomic E-state index is 1.14. The van der Waals surface area contributed by atoms with E-state index in [1.807, 2.05) is 25.4 Å². The summed E-state index contributed by atoms with van der Waals surface area (Å²) in [5, 5.41) is 3.08. The van der Waals surface area contributed by atoms with E-state index in [-0.39, 0.29) is 0 Å². The number of benzene rings is 2. The van der Waals surface area contributed by atoms with Crippen molar-refractivity contribution < 1.29 is 0 Å². The first-order chi connectivity index (χ1) is 10.7. The molecule has 0 saturated heterocycles. The first kappa shape index (κ1) is 17.8. The maximum absolute atomic E-state index is 3.08. The Morgan fingerprint density at radius 3 is 1.91 bits per heavy atom. The van der Waals surface area contributed by atoms with Gasteiger partial charge in [0.15, 0.2) is 0 Å². The number of hydrogen-bond donors (Lipinski definition) is 1. The summed E-state index contributed by atoms with van der Waals surface area (Å²) in [4.78, 5) is 0. The largest absolute Gasteiger partial charge is 0.393 e.